The van der Waals surface area contributed by atoms with Crippen LogP contribution >= 0.6 is 0 Å². The predicted molar refractivity (Wildman–Crippen MR) is 212 cm³/mol. The molecule has 6 nitrogen and oxygen atoms in total. The Morgan fingerprint density at radius 1 is 0.560 bits per heavy atom. The Bertz CT molecular complexity index is 1410. The van der Waals surface area contributed by atoms with E-state index in [1.165, 1.54) is 144 Å². The van der Waals surface area contributed by atoms with Crippen LogP contribution in [0.5, 0.6) is 0 Å². The Labute approximate surface area is 305 Å². The molecule has 7 heteroatoms. The molecule has 0 saturated heterocycles. The van der Waals surface area contributed by atoms with Gasteiger partial charge in [-0.1, -0.05) is 164 Å². The van der Waals surface area contributed by atoms with Crippen molar-refractivity contribution in [3.63, 3.8) is 0 Å². The molecule has 3 aromatic rings. The van der Waals surface area contributed by atoms with Gasteiger partial charge >= 0.3 is 0 Å². The van der Waals surface area contributed by atoms with E-state index >= 15 is 0 Å². The average Bonchev–Trinajstić information content (AvgIpc) is 3.12. The van der Waals surface area contributed by atoms with Crippen molar-refractivity contribution in [3.05, 3.63) is 95.3 Å². The lowest BCUT2D eigenvalue weighted by Crippen LogP contribution is -2.25. The number of hydrogen-bond donors (Lipinski definition) is 0. The van der Waals surface area contributed by atoms with Crippen molar-refractivity contribution in [1.29, 1.82) is 0 Å². The first kappa shape index (κ1) is 42.9. The van der Waals surface area contributed by atoms with Gasteiger partial charge in [-0.25, -0.2) is 13.0 Å². The number of hydrogen-bond acceptors (Lipinski definition) is 5. The molecule has 0 unspecified atom stereocenters. The first-order chi connectivity index (χ1) is 24.2. The van der Waals surface area contributed by atoms with Crippen LogP contribution in [0.25, 0.3) is 24.3 Å². The van der Waals surface area contributed by atoms with Crippen LogP contribution in [0.3, 0.4) is 0 Å². The van der Waals surface area contributed by atoms with Gasteiger partial charge in [0.1, 0.15) is 7.05 Å². The fraction of sp³-hybridized carbons (Fsp3) is 0.512. The summed E-state index contributed by atoms with van der Waals surface area (Å²) in [6, 6.07) is 22.3. The van der Waals surface area contributed by atoms with E-state index in [1.54, 1.807) is 0 Å². The van der Waals surface area contributed by atoms with Crippen molar-refractivity contribution >= 4 is 40.4 Å². The van der Waals surface area contributed by atoms with Crippen LogP contribution in [0.2, 0.25) is 0 Å². The van der Waals surface area contributed by atoms with Crippen LogP contribution in [0.15, 0.2) is 73.1 Å². The summed E-state index contributed by atoms with van der Waals surface area (Å²) in [7, 11) is -1.56. The van der Waals surface area contributed by atoms with Crippen LogP contribution in [-0.2, 0) is 21.6 Å². The van der Waals surface area contributed by atoms with E-state index in [9.17, 15) is 13.0 Å². The van der Waals surface area contributed by atoms with E-state index in [2.05, 4.69) is 125 Å². The number of nitrogens with zero attached hydrogens (tertiary/aromatic N) is 2. The van der Waals surface area contributed by atoms with E-state index in [-0.39, 0.29) is 0 Å². The Balaban J connectivity index is 0.00000132. The van der Waals surface area contributed by atoms with Crippen LogP contribution in [0, 0.1) is 0 Å². The minimum Gasteiger partial charge on any atom is -0.726 e. The van der Waals surface area contributed by atoms with Gasteiger partial charge in [-0.2, -0.15) is 0 Å². The molecule has 2 aromatic carbocycles. The Morgan fingerprint density at radius 3 is 1.20 bits per heavy atom. The predicted octanol–water partition coefficient (Wildman–Crippen LogP) is 11.0. The van der Waals surface area contributed by atoms with Gasteiger partial charge in [-0.3, -0.25) is 4.18 Å². The molecule has 276 valence electrons. The number of aromatic nitrogens is 1. The van der Waals surface area contributed by atoms with E-state index in [4.69, 9.17) is 0 Å². The van der Waals surface area contributed by atoms with Gasteiger partial charge in [-0.15, -0.1) is 0 Å². The highest BCUT2D eigenvalue weighted by molar-refractivity contribution is 7.80. The summed E-state index contributed by atoms with van der Waals surface area (Å²) in [5, 5.41) is 0. The highest BCUT2D eigenvalue weighted by atomic mass is 32.3. The molecule has 50 heavy (non-hydrogen) atoms. The Kier molecular flexibility index (Phi) is 22.8. The number of rotatable bonds is 24. The third kappa shape index (κ3) is 21.1. The highest BCUT2D eigenvalue weighted by Crippen LogP contribution is 2.20. The van der Waals surface area contributed by atoms with E-state index < -0.39 is 10.4 Å². The summed E-state index contributed by atoms with van der Waals surface area (Å²) in [5.41, 5.74) is 6.30. The molecule has 0 bridgehead atoms. The van der Waals surface area contributed by atoms with Gasteiger partial charge < -0.3 is 9.45 Å². The van der Waals surface area contributed by atoms with Crippen molar-refractivity contribution in [2.45, 2.75) is 117 Å². The maximum Gasteiger partial charge on any atom is 0.217 e. The molecule has 0 spiro atoms. The lowest BCUT2D eigenvalue weighted by atomic mass is 10.1. The summed E-state index contributed by atoms with van der Waals surface area (Å²) in [5.74, 6) is 0. The van der Waals surface area contributed by atoms with Crippen molar-refractivity contribution in [1.82, 2.24) is 0 Å². The zero-order valence-corrected chi connectivity index (χ0v) is 32.2. The fourth-order valence-electron chi connectivity index (χ4n) is 5.77. The number of benzene rings is 2. The topological polar surface area (TPSA) is 73.5 Å². The second-order valence-corrected chi connectivity index (χ2v) is 14.4. The lowest BCUT2D eigenvalue weighted by molar-refractivity contribution is -0.671. The zero-order valence-electron chi connectivity index (χ0n) is 31.4. The van der Waals surface area contributed by atoms with Crippen molar-refractivity contribution < 1.29 is 21.7 Å². The second kappa shape index (κ2) is 26.5. The first-order valence-electron chi connectivity index (χ1n) is 19.0. The molecule has 0 aliphatic heterocycles. The minimum absolute atomic E-state index is 0.808. The zero-order chi connectivity index (χ0) is 36.3. The monoisotopic (exact) mass is 704 g/mol. The van der Waals surface area contributed by atoms with Crippen molar-refractivity contribution in [2.75, 3.05) is 25.1 Å². The average molecular weight is 705 g/mol. The molecule has 0 amide bonds. The van der Waals surface area contributed by atoms with Crippen LogP contribution in [0.4, 0.5) is 5.69 Å². The molecule has 0 aliphatic rings. The van der Waals surface area contributed by atoms with Crippen LogP contribution in [-0.4, -0.2) is 33.2 Å². The SMILES string of the molecule is CCCCCCCCCCN(CCCCCCCCCC)c1ccc(/C=C/c2ccc(/C=C/c3cc[n+](C)cc3)cc2)cc1.COS(=O)(=O)[O-]. The molecular weight excluding hydrogens is 641 g/mol. The number of pyridine rings is 1. The molecule has 0 atom stereocenters. The summed E-state index contributed by atoms with van der Waals surface area (Å²) in [6.07, 6.45) is 35.0. The maximum atomic E-state index is 9.22. The summed E-state index contributed by atoms with van der Waals surface area (Å²) < 4.78 is 33.1. The molecular formula is C43H64N2O4S. The number of unbranched alkanes of at least 4 members (excludes halogenated alkanes) is 14. The lowest BCUT2D eigenvalue weighted by Gasteiger charge is -2.25. The third-order valence-corrected chi connectivity index (χ3v) is 9.31. The van der Waals surface area contributed by atoms with Crippen LogP contribution in [0.1, 0.15) is 139 Å². The standard InChI is InChI=1S/C42H61N2.CH4O4S/c1-4-6-8-10-12-14-16-18-34-44(35-19-17-15-13-11-9-7-5-2)42-30-28-40(29-31-42)25-24-38-20-22-39(23-21-38)26-27-41-32-36-43(3)37-33-41;1-5-6(2,3)4/h20-33,36-37H,4-19,34-35H2,1-3H3;1H3,(H,2,3,4)/q+1;/p-1. The van der Waals surface area contributed by atoms with Gasteiger partial charge in [-0.05, 0) is 47.2 Å². The minimum atomic E-state index is -4.41. The molecule has 3 rings (SSSR count). The van der Waals surface area contributed by atoms with Crippen molar-refractivity contribution in [3.8, 4) is 0 Å². The first-order valence-corrected chi connectivity index (χ1v) is 20.4. The second-order valence-electron chi connectivity index (χ2n) is 13.2. The molecule has 1 heterocycles. The van der Waals surface area contributed by atoms with Gasteiger partial charge in [0.15, 0.2) is 12.4 Å². The molecule has 0 radical (unpaired) electrons. The summed E-state index contributed by atoms with van der Waals surface area (Å²) >= 11 is 0. The van der Waals surface area contributed by atoms with Gasteiger partial charge in [0.05, 0.1) is 7.11 Å². The molecule has 0 N–H and O–H groups in total. The summed E-state index contributed by atoms with van der Waals surface area (Å²) in [6.45, 7) is 6.97. The van der Waals surface area contributed by atoms with E-state index in [1.807, 2.05) is 7.05 Å². The normalized spacial score (nSPS) is 11.6. The molecule has 0 saturated carbocycles. The molecule has 0 fully saturated rings. The third-order valence-electron chi connectivity index (χ3n) is 8.90. The smallest absolute Gasteiger partial charge is 0.217 e. The maximum absolute atomic E-state index is 9.22. The fourth-order valence-corrected chi connectivity index (χ4v) is 5.77. The van der Waals surface area contributed by atoms with Gasteiger partial charge in [0.25, 0.3) is 0 Å². The quantitative estimate of drug-likeness (QED) is 0.0305. The number of aryl methyl sites for hydroxylation is 1. The Morgan fingerprint density at radius 2 is 0.860 bits per heavy atom. The van der Waals surface area contributed by atoms with Crippen LogP contribution < -0.4 is 9.47 Å². The van der Waals surface area contributed by atoms with E-state index in [0.717, 1.165) is 7.11 Å². The highest BCUT2D eigenvalue weighted by Gasteiger charge is 2.07. The van der Waals surface area contributed by atoms with Gasteiger partial charge in [0.2, 0.25) is 10.4 Å². The largest absolute Gasteiger partial charge is 0.726 e. The summed E-state index contributed by atoms with van der Waals surface area (Å²) in [4.78, 5) is 2.66. The number of anilines is 1. The van der Waals surface area contributed by atoms with Gasteiger partial charge in [0, 0.05) is 30.9 Å². The van der Waals surface area contributed by atoms with Crippen molar-refractivity contribution in [2.24, 2.45) is 7.05 Å². The Hall–Kier alpha value is -3.26. The molecule has 1 aromatic heterocycles. The van der Waals surface area contributed by atoms with E-state index in [0.29, 0.717) is 0 Å². The molecule has 0 aliphatic carbocycles.